The molecule has 4 rings (SSSR count). The number of aryl methyl sites for hydroxylation is 2. The number of hydrogen-bond acceptors (Lipinski definition) is 8. The van der Waals surface area contributed by atoms with Crippen molar-refractivity contribution >= 4 is 22.4 Å². The van der Waals surface area contributed by atoms with E-state index in [4.69, 9.17) is 14.5 Å². The number of aromatic nitrogens is 5. The van der Waals surface area contributed by atoms with Gasteiger partial charge in [0.1, 0.15) is 6.61 Å². The Hall–Kier alpha value is -2.52. The van der Waals surface area contributed by atoms with Crippen LogP contribution in [0.5, 0.6) is 5.88 Å². The number of nitrogens with one attached hydrogen (secondary N) is 2. The standard InChI is InChI=1S/C16H18N6O2S/c1-23-7-8-24-13-5-6-17-15(19-13)21-16-20-14-10-9-18-22-11(10)3-2-4-12(14)25-16/h5-6,9H,2-4,7-8H2,1H3,(H,18,22)(H,17,19,20,21). The molecule has 3 heterocycles. The highest BCUT2D eigenvalue weighted by Crippen LogP contribution is 2.36. The van der Waals surface area contributed by atoms with Crippen LogP contribution in [0.3, 0.4) is 0 Å². The second kappa shape index (κ2) is 7.16. The maximum Gasteiger partial charge on any atom is 0.232 e. The van der Waals surface area contributed by atoms with Crippen LogP contribution in [-0.2, 0) is 17.6 Å². The van der Waals surface area contributed by atoms with Gasteiger partial charge in [-0.05, 0) is 19.3 Å². The molecule has 0 atom stereocenters. The first-order valence-corrected chi connectivity index (χ1v) is 8.89. The Bertz CT molecular complexity index is 862. The van der Waals surface area contributed by atoms with Crippen LogP contribution in [0, 0.1) is 0 Å². The zero-order valence-electron chi connectivity index (χ0n) is 13.8. The predicted octanol–water partition coefficient (Wildman–Crippen LogP) is 2.58. The van der Waals surface area contributed by atoms with Crippen molar-refractivity contribution in [3.8, 4) is 17.1 Å². The number of thiazole rings is 1. The molecule has 0 aromatic carbocycles. The molecule has 0 radical (unpaired) electrons. The van der Waals surface area contributed by atoms with E-state index in [0.29, 0.717) is 25.0 Å². The minimum Gasteiger partial charge on any atom is -0.475 e. The predicted molar refractivity (Wildman–Crippen MR) is 94.4 cm³/mol. The first-order chi connectivity index (χ1) is 12.3. The fourth-order valence-corrected chi connectivity index (χ4v) is 3.74. The van der Waals surface area contributed by atoms with E-state index in [1.165, 1.54) is 4.88 Å². The summed E-state index contributed by atoms with van der Waals surface area (Å²) < 4.78 is 10.5. The first-order valence-electron chi connectivity index (χ1n) is 8.07. The Balaban J connectivity index is 1.53. The molecule has 3 aromatic rings. The molecule has 1 aliphatic carbocycles. The highest BCUT2D eigenvalue weighted by molar-refractivity contribution is 7.16. The summed E-state index contributed by atoms with van der Waals surface area (Å²) in [7, 11) is 1.63. The number of methoxy groups -OCH3 is 1. The van der Waals surface area contributed by atoms with Gasteiger partial charge in [0.15, 0.2) is 5.13 Å². The molecule has 0 fully saturated rings. The maximum absolute atomic E-state index is 5.51. The van der Waals surface area contributed by atoms with Crippen LogP contribution in [0.15, 0.2) is 18.5 Å². The second-order valence-electron chi connectivity index (χ2n) is 5.59. The molecule has 0 unspecified atom stereocenters. The number of ether oxygens (including phenoxy) is 2. The zero-order chi connectivity index (χ0) is 17.1. The van der Waals surface area contributed by atoms with E-state index in [1.807, 2.05) is 6.20 Å². The smallest absolute Gasteiger partial charge is 0.232 e. The monoisotopic (exact) mass is 358 g/mol. The summed E-state index contributed by atoms with van der Waals surface area (Å²) in [6.45, 7) is 0.959. The van der Waals surface area contributed by atoms with Crippen molar-refractivity contribution < 1.29 is 9.47 Å². The number of nitrogens with zero attached hydrogens (tertiary/aromatic N) is 4. The molecule has 1 aliphatic rings. The van der Waals surface area contributed by atoms with Crippen LogP contribution >= 0.6 is 11.3 Å². The molecular formula is C16H18N6O2S. The summed E-state index contributed by atoms with van der Waals surface area (Å²) in [6.07, 6.45) is 6.61. The molecule has 0 bridgehead atoms. The van der Waals surface area contributed by atoms with Gasteiger partial charge in [-0.2, -0.15) is 10.1 Å². The normalized spacial score (nSPS) is 13.0. The Morgan fingerprint density at radius 2 is 2.24 bits per heavy atom. The van der Waals surface area contributed by atoms with Gasteiger partial charge in [0.05, 0.1) is 18.5 Å². The van der Waals surface area contributed by atoms with Crippen molar-refractivity contribution in [3.05, 3.63) is 29.0 Å². The Morgan fingerprint density at radius 1 is 1.28 bits per heavy atom. The van der Waals surface area contributed by atoms with Crippen LogP contribution < -0.4 is 10.1 Å². The molecule has 0 aliphatic heterocycles. The molecule has 0 amide bonds. The zero-order valence-corrected chi connectivity index (χ0v) is 14.6. The van der Waals surface area contributed by atoms with Crippen molar-refractivity contribution in [3.63, 3.8) is 0 Å². The number of anilines is 2. The van der Waals surface area contributed by atoms with E-state index in [1.54, 1.807) is 30.7 Å². The van der Waals surface area contributed by atoms with Gasteiger partial charge in [0.2, 0.25) is 11.8 Å². The van der Waals surface area contributed by atoms with E-state index in [2.05, 4.69) is 25.5 Å². The van der Waals surface area contributed by atoms with Crippen LogP contribution in [0.25, 0.3) is 11.3 Å². The topological polar surface area (TPSA) is 97.8 Å². The molecule has 3 aromatic heterocycles. The minimum atomic E-state index is 0.446. The van der Waals surface area contributed by atoms with Crippen LogP contribution in [0.2, 0.25) is 0 Å². The summed E-state index contributed by atoms with van der Waals surface area (Å²) in [5, 5.41) is 11.2. The van der Waals surface area contributed by atoms with Crippen molar-refractivity contribution in [2.75, 3.05) is 25.6 Å². The van der Waals surface area contributed by atoms with E-state index < -0.39 is 0 Å². The molecule has 8 nitrogen and oxygen atoms in total. The molecule has 0 spiro atoms. The minimum absolute atomic E-state index is 0.446. The van der Waals surface area contributed by atoms with Crippen LogP contribution in [0.4, 0.5) is 11.1 Å². The van der Waals surface area contributed by atoms with Gasteiger partial charge < -0.3 is 9.47 Å². The lowest BCUT2D eigenvalue weighted by Gasteiger charge is -2.06. The Labute approximate surface area is 148 Å². The van der Waals surface area contributed by atoms with Gasteiger partial charge in [-0.3, -0.25) is 10.4 Å². The summed E-state index contributed by atoms with van der Waals surface area (Å²) in [5.74, 6) is 0.969. The third-order valence-corrected chi connectivity index (χ3v) is 4.92. The third kappa shape index (κ3) is 3.47. The quantitative estimate of drug-likeness (QED) is 0.654. The van der Waals surface area contributed by atoms with Crippen molar-refractivity contribution in [2.24, 2.45) is 0 Å². The third-order valence-electron chi connectivity index (χ3n) is 3.89. The fourth-order valence-electron chi connectivity index (χ4n) is 2.73. The molecule has 0 saturated heterocycles. The van der Waals surface area contributed by atoms with Crippen LogP contribution in [-0.4, -0.2) is 45.5 Å². The lowest BCUT2D eigenvalue weighted by atomic mass is 10.2. The number of rotatable bonds is 6. The van der Waals surface area contributed by atoms with Crippen molar-refractivity contribution in [1.29, 1.82) is 0 Å². The highest BCUT2D eigenvalue weighted by Gasteiger charge is 2.21. The van der Waals surface area contributed by atoms with Gasteiger partial charge in [0, 0.05) is 35.5 Å². The van der Waals surface area contributed by atoms with Crippen LogP contribution in [0.1, 0.15) is 17.0 Å². The Kier molecular flexibility index (Phi) is 4.57. The summed E-state index contributed by atoms with van der Waals surface area (Å²) in [6, 6.07) is 1.72. The maximum atomic E-state index is 5.51. The van der Waals surface area contributed by atoms with Crippen molar-refractivity contribution in [2.45, 2.75) is 19.3 Å². The average Bonchev–Trinajstić information content (AvgIpc) is 3.19. The molecule has 0 saturated carbocycles. The summed E-state index contributed by atoms with van der Waals surface area (Å²) in [4.78, 5) is 14.6. The SMILES string of the molecule is COCCOc1ccnc(Nc2nc3c(s2)CCCc2[nH]ncc2-3)n1. The molecule has 9 heteroatoms. The van der Waals surface area contributed by atoms with Crippen molar-refractivity contribution in [1.82, 2.24) is 25.1 Å². The molecule has 2 N–H and O–H groups in total. The average molecular weight is 358 g/mol. The molecule has 130 valence electrons. The van der Waals surface area contributed by atoms with Gasteiger partial charge in [-0.1, -0.05) is 0 Å². The second-order valence-corrected chi connectivity index (χ2v) is 6.67. The number of hydrogen-bond donors (Lipinski definition) is 2. The number of aromatic amines is 1. The van der Waals surface area contributed by atoms with Gasteiger partial charge in [-0.15, -0.1) is 11.3 Å². The highest BCUT2D eigenvalue weighted by atomic mass is 32.1. The summed E-state index contributed by atoms with van der Waals surface area (Å²) in [5.41, 5.74) is 3.25. The van der Waals surface area contributed by atoms with E-state index in [-0.39, 0.29) is 0 Å². The van der Waals surface area contributed by atoms with Gasteiger partial charge in [-0.25, -0.2) is 9.97 Å². The summed E-state index contributed by atoms with van der Waals surface area (Å²) >= 11 is 1.63. The van der Waals surface area contributed by atoms with Gasteiger partial charge >= 0.3 is 0 Å². The Morgan fingerprint density at radius 3 is 3.16 bits per heavy atom. The molecular weight excluding hydrogens is 340 g/mol. The van der Waals surface area contributed by atoms with Gasteiger partial charge in [0.25, 0.3) is 0 Å². The lowest BCUT2D eigenvalue weighted by Crippen LogP contribution is -2.06. The van der Waals surface area contributed by atoms with E-state index in [0.717, 1.165) is 41.3 Å². The fraction of sp³-hybridized carbons (Fsp3) is 0.375. The lowest BCUT2D eigenvalue weighted by molar-refractivity contribution is 0.144. The first kappa shape index (κ1) is 16.0. The number of H-pyrrole nitrogens is 1. The number of fused-ring (bicyclic) bond motifs is 3. The van der Waals surface area contributed by atoms with E-state index in [9.17, 15) is 0 Å². The molecule has 25 heavy (non-hydrogen) atoms. The largest absolute Gasteiger partial charge is 0.475 e. The van der Waals surface area contributed by atoms with E-state index >= 15 is 0 Å².